The molecule has 0 bridgehead atoms. The van der Waals surface area contributed by atoms with Crippen molar-refractivity contribution in [2.24, 2.45) is 0 Å². The summed E-state index contributed by atoms with van der Waals surface area (Å²) in [7, 11) is 1.52. The van der Waals surface area contributed by atoms with Gasteiger partial charge in [-0.1, -0.05) is 23.9 Å². The Hall–Kier alpha value is -3.76. The summed E-state index contributed by atoms with van der Waals surface area (Å²) >= 11 is 2.86. The number of nitrogens with zero attached hydrogens (tertiary/aromatic N) is 3. The number of anilines is 1. The smallest absolute Gasteiger partial charge is 0.270 e. The predicted octanol–water partition coefficient (Wildman–Crippen LogP) is 5.31. The molecular weight excluding hydrogens is 462 g/mol. The third-order valence-electron chi connectivity index (χ3n) is 5.23. The third kappa shape index (κ3) is 3.73. The Kier molecular flexibility index (Phi) is 5.31. The number of thioether (sulfide) groups is 1. The molecule has 1 aliphatic heterocycles. The lowest BCUT2D eigenvalue weighted by atomic mass is 10.1. The SMILES string of the molecule is COc1ccc([N+](=O)[O-])cc1CSc1nc2ccc(N3C(=O)c4ccccc4C3=O)cc2s1. The van der Waals surface area contributed by atoms with E-state index in [1.54, 1.807) is 48.5 Å². The third-order valence-corrected chi connectivity index (χ3v) is 7.44. The highest BCUT2D eigenvalue weighted by Crippen LogP contribution is 2.37. The monoisotopic (exact) mass is 477 g/mol. The zero-order chi connectivity index (χ0) is 23.1. The molecule has 0 N–H and O–H groups in total. The van der Waals surface area contributed by atoms with Crippen LogP contribution in [0.1, 0.15) is 26.3 Å². The molecule has 4 aromatic rings. The van der Waals surface area contributed by atoms with Crippen LogP contribution in [0.15, 0.2) is 65.0 Å². The summed E-state index contributed by atoms with van der Waals surface area (Å²) < 4.78 is 6.92. The van der Waals surface area contributed by atoms with Crippen molar-refractivity contribution in [2.75, 3.05) is 12.0 Å². The molecule has 2 amide bonds. The van der Waals surface area contributed by atoms with Gasteiger partial charge in [-0.3, -0.25) is 19.7 Å². The summed E-state index contributed by atoms with van der Waals surface area (Å²) in [4.78, 5) is 42.0. The van der Waals surface area contributed by atoms with Crippen LogP contribution in [-0.4, -0.2) is 28.8 Å². The first kappa shape index (κ1) is 21.1. The quantitative estimate of drug-likeness (QED) is 0.161. The fourth-order valence-electron chi connectivity index (χ4n) is 3.65. The van der Waals surface area contributed by atoms with Crippen LogP contribution in [0, 0.1) is 10.1 Å². The number of hydrogen-bond acceptors (Lipinski definition) is 8. The molecule has 8 nitrogen and oxygen atoms in total. The van der Waals surface area contributed by atoms with E-state index in [1.165, 1.54) is 47.2 Å². The molecule has 0 aliphatic carbocycles. The number of carbonyl (C=O) groups is 2. The summed E-state index contributed by atoms with van der Waals surface area (Å²) in [5, 5.41) is 11.1. The van der Waals surface area contributed by atoms with Gasteiger partial charge in [0.05, 0.1) is 39.1 Å². The number of aromatic nitrogens is 1. The number of thiazole rings is 1. The van der Waals surface area contributed by atoms with E-state index in [0.717, 1.165) is 14.6 Å². The van der Waals surface area contributed by atoms with Gasteiger partial charge in [-0.2, -0.15) is 0 Å². The number of hydrogen-bond donors (Lipinski definition) is 0. The minimum atomic E-state index is -0.438. The van der Waals surface area contributed by atoms with E-state index in [-0.39, 0.29) is 17.5 Å². The summed E-state index contributed by atoms with van der Waals surface area (Å²) in [6.45, 7) is 0. The fourth-order valence-corrected chi connectivity index (χ4v) is 5.73. The number of rotatable bonds is 6. The standard InChI is InChI=1S/C23H15N3O5S2/c1-31-19-9-7-15(26(29)30)10-13(19)12-32-23-24-18-8-6-14(11-20(18)33-23)25-21(27)16-4-2-3-5-17(16)22(25)28/h2-11H,12H2,1H3. The molecule has 33 heavy (non-hydrogen) atoms. The number of benzene rings is 3. The van der Waals surface area contributed by atoms with Gasteiger partial charge in [0.2, 0.25) is 0 Å². The number of amides is 2. The highest BCUT2D eigenvalue weighted by molar-refractivity contribution is 8.00. The van der Waals surface area contributed by atoms with Crippen LogP contribution in [-0.2, 0) is 5.75 Å². The normalized spacial score (nSPS) is 12.9. The zero-order valence-electron chi connectivity index (χ0n) is 17.2. The van der Waals surface area contributed by atoms with Gasteiger partial charge in [0.15, 0.2) is 4.34 Å². The van der Waals surface area contributed by atoms with Crippen LogP contribution < -0.4 is 9.64 Å². The van der Waals surface area contributed by atoms with E-state index in [2.05, 4.69) is 4.98 Å². The molecule has 0 fully saturated rings. The van der Waals surface area contributed by atoms with Gasteiger partial charge in [0, 0.05) is 23.4 Å². The molecule has 164 valence electrons. The second-order valence-electron chi connectivity index (χ2n) is 7.17. The Balaban J connectivity index is 1.40. The first-order valence-corrected chi connectivity index (χ1v) is 11.6. The molecule has 0 radical (unpaired) electrons. The Morgan fingerprint density at radius 1 is 1.06 bits per heavy atom. The lowest BCUT2D eigenvalue weighted by molar-refractivity contribution is -0.384. The number of imide groups is 1. The summed E-state index contributed by atoms with van der Waals surface area (Å²) in [5.74, 6) is 0.330. The number of nitro benzene ring substituents is 1. The molecule has 0 spiro atoms. The number of ether oxygens (including phenoxy) is 1. The number of methoxy groups -OCH3 is 1. The molecule has 5 rings (SSSR count). The van der Waals surface area contributed by atoms with Crippen LogP contribution in [0.3, 0.4) is 0 Å². The Morgan fingerprint density at radius 2 is 1.79 bits per heavy atom. The first-order valence-electron chi connectivity index (χ1n) is 9.79. The van der Waals surface area contributed by atoms with E-state index >= 15 is 0 Å². The maximum absolute atomic E-state index is 12.8. The lowest BCUT2D eigenvalue weighted by Gasteiger charge is -2.13. The van der Waals surface area contributed by atoms with Crippen molar-refractivity contribution in [3.63, 3.8) is 0 Å². The highest BCUT2D eigenvalue weighted by Gasteiger charge is 2.36. The lowest BCUT2D eigenvalue weighted by Crippen LogP contribution is -2.29. The number of nitro groups is 1. The molecule has 10 heteroatoms. The molecule has 2 heterocycles. The van der Waals surface area contributed by atoms with Crippen molar-refractivity contribution in [2.45, 2.75) is 10.1 Å². The Morgan fingerprint density at radius 3 is 2.45 bits per heavy atom. The van der Waals surface area contributed by atoms with E-state index in [0.29, 0.717) is 33.9 Å². The Bertz CT molecular complexity index is 1410. The van der Waals surface area contributed by atoms with E-state index in [9.17, 15) is 19.7 Å². The van der Waals surface area contributed by atoms with Gasteiger partial charge in [0.25, 0.3) is 17.5 Å². The van der Waals surface area contributed by atoms with Crippen molar-refractivity contribution >= 4 is 56.5 Å². The van der Waals surface area contributed by atoms with Gasteiger partial charge >= 0.3 is 0 Å². The molecule has 0 unspecified atom stereocenters. The predicted molar refractivity (Wildman–Crippen MR) is 126 cm³/mol. The summed E-state index contributed by atoms with van der Waals surface area (Å²) in [6.07, 6.45) is 0. The molecule has 0 saturated heterocycles. The summed E-state index contributed by atoms with van der Waals surface area (Å²) in [6, 6.07) is 16.5. The van der Waals surface area contributed by atoms with Crippen molar-refractivity contribution in [1.82, 2.24) is 4.98 Å². The summed E-state index contributed by atoms with van der Waals surface area (Å²) in [5.41, 5.74) is 2.73. The number of non-ortho nitro benzene ring substituents is 1. The maximum Gasteiger partial charge on any atom is 0.270 e. The van der Waals surface area contributed by atoms with Gasteiger partial charge in [-0.05, 0) is 36.4 Å². The average molecular weight is 478 g/mol. The van der Waals surface area contributed by atoms with E-state index < -0.39 is 4.92 Å². The molecule has 1 aromatic heterocycles. The minimum Gasteiger partial charge on any atom is -0.496 e. The van der Waals surface area contributed by atoms with Crippen molar-refractivity contribution in [3.8, 4) is 5.75 Å². The van der Waals surface area contributed by atoms with Gasteiger partial charge in [-0.15, -0.1) is 11.3 Å². The molecule has 0 atom stereocenters. The highest BCUT2D eigenvalue weighted by atomic mass is 32.2. The average Bonchev–Trinajstić information content (AvgIpc) is 3.35. The van der Waals surface area contributed by atoms with Gasteiger partial charge in [-0.25, -0.2) is 9.88 Å². The minimum absolute atomic E-state index is 0.00119. The molecule has 0 saturated carbocycles. The fraction of sp³-hybridized carbons (Fsp3) is 0.0870. The second-order valence-corrected chi connectivity index (χ2v) is 9.42. The molecule has 1 aliphatic rings. The number of fused-ring (bicyclic) bond motifs is 2. The van der Waals surface area contributed by atoms with Crippen molar-refractivity contribution in [3.05, 3.63) is 87.5 Å². The van der Waals surface area contributed by atoms with Gasteiger partial charge in [0.1, 0.15) is 5.75 Å². The van der Waals surface area contributed by atoms with E-state index in [1.807, 2.05) is 0 Å². The largest absolute Gasteiger partial charge is 0.496 e. The van der Waals surface area contributed by atoms with Crippen LogP contribution in [0.4, 0.5) is 11.4 Å². The molecule has 3 aromatic carbocycles. The van der Waals surface area contributed by atoms with Crippen molar-refractivity contribution < 1.29 is 19.2 Å². The topological polar surface area (TPSA) is 103 Å². The van der Waals surface area contributed by atoms with Gasteiger partial charge < -0.3 is 4.74 Å². The maximum atomic E-state index is 12.8. The number of carbonyl (C=O) groups excluding carboxylic acids is 2. The first-order chi connectivity index (χ1) is 16.0. The second kappa shape index (κ2) is 8.30. The van der Waals surface area contributed by atoms with Crippen LogP contribution in [0.2, 0.25) is 0 Å². The van der Waals surface area contributed by atoms with Crippen LogP contribution >= 0.6 is 23.1 Å². The van der Waals surface area contributed by atoms with E-state index in [4.69, 9.17) is 4.74 Å². The van der Waals surface area contributed by atoms with Crippen LogP contribution in [0.5, 0.6) is 5.75 Å². The van der Waals surface area contributed by atoms with Crippen LogP contribution in [0.25, 0.3) is 10.2 Å². The molecular formula is C23H15N3O5S2. The van der Waals surface area contributed by atoms with Crippen molar-refractivity contribution in [1.29, 1.82) is 0 Å². The Labute approximate surface area is 196 Å². The zero-order valence-corrected chi connectivity index (χ0v) is 18.8.